The maximum Gasteiger partial charge on any atom is 0.0789 e. The number of hydrazine groups is 1. The van der Waals surface area contributed by atoms with Crippen LogP contribution in [0.1, 0.15) is 39.1 Å². The van der Waals surface area contributed by atoms with Crippen LogP contribution in [0.15, 0.2) is 6.07 Å². The van der Waals surface area contributed by atoms with Crippen molar-refractivity contribution in [1.29, 1.82) is 0 Å². The standard InChI is InChI=1S/C14H28N4O/c1-7-10-8-11(18(5)17-10)9-12(16-15)13(19-6)14(2,3)4/h8,12-13,16H,7,9,15H2,1-6H3. The third-order valence-corrected chi connectivity index (χ3v) is 3.51. The number of ether oxygens (including phenoxy) is 1. The Morgan fingerprint density at radius 3 is 2.47 bits per heavy atom. The molecule has 0 aliphatic heterocycles. The van der Waals surface area contributed by atoms with Crippen LogP contribution in [0, 0.1) is 5.41 Å². The van der Waals surface area contributed by atoms with Crippen molar-refractivity contribution < 1.29 is 4.74 Å². The van der Waals surface area contributed by atoms with Crippen LogP contribution in [0.25, 0.3) is 0 Å². The van der Waals surface area contributed by atoms with E-state index < -0.39 is 0 Å². The number of hydrogen-bond donors (Lipinski definition) is 2. The molecular weight excluding hydrogens is 240 g/mol. The van der Waals surface area contributed by atoms with Crippen molar-refractivity contribution in [1.82, 2.24) is 15.2 Å². The van der Waals surface area contributed by atoms with Crippen LogP contribution in [0.5, 0.6) is 0 Å². The molecule has 0 amide bonds. The molecule has 1 aromatic rings. The summed E-state index contributed by atoms with van der Waals surface area (Å²) in [5.41, 5.74) is 5.20. The summed E-state index contributed by atoms with van der Waals surface area (Å²) in [5.74, 6) is 5.72. The van der Waals surface area contributed by atoms with E-state index in [0.717, 1.165) is 18.5 Å². The molecule has 2 atom stereocenters. The first-order valence-corrected chi connectivity index (χ1v) is 6.84. The molecular formula is C14H28N4O. The summed E-state index contributed by atoms with van der Waals surface area (Å²) in [6.45, 7) is 8.59. The van der Waals surface area contributed by atoms with E-state index in [4.69, 9.17) is 10.6 Å². The molecule has 19 heavy (non-hydrogen) atoms. The van der Waals surface area contributed by atoms with Crippen molar-refractivity contribution in [2.45, 2.75) is 52.7 Å². The highest BCUT2D eigenvalue weighted by Crippen LogP contribution is 2.26. The van der Waals surface area contributed by atoms with Gasteiger partial charge in [-0.2, -0.15) is 5.10 Å². The van der Waals surface area contributed by atoms with Crippen molar-refractivity contribution in [3.05, 3.63) is 17.5 Å². The first-order valence-electron chi connectivity index (χ1n) is 6.84. The van der Waals surface area contributed by atoms with Crippen molar-refractivity contribution in [2.75, 3.05) is 7.11 Å². The van der Waals surface area contributed by atoms with Gasteiger partial charge in [0.25, 0.3) is 0 Å². The zero-order valence-electron chi connectivity index (χ0n) is 13.0. The van der Waals surface area contributed by atoms with Gasteiger partial charge in [0.15, 0.2) is 0 Å². The second kappa shape index (κ2) is 6.50. The predicted octanol–water partition coefficient (Wildman–Crippen LogP) is 1.42. The second-order valence-electron chi connectivity index (χ2n) is 6.10. The normalized spacial score (nSPS) is 15.5. The monoisotopic (exact) mass is 268 g/mol. The first kappa shape index (κ1) is 16.1. The summed E-state index contributed by atoms with van der Waals surface area (Å²) in [6, 6.07) is 2.20. The number of nitrogens with two attached hydrogens (primary N) is 1. The lowest BCUT2D eigenvalue weighted by molar-refractivity contribution is -0.0114. The summed E-state index contributed by atoms with van der Waals surface area (Å²) in [7, 11) is 3.71. The van der Waals surface area contributed by atoms with Crippen molar-refractivity contribution in [3.8, 4) is 0 Å². The van der Waals surface area contributed by atoms with Gasteiger partial charge < -0.3 is 4.74 Å². The lowest BCUT2D eigenvalue weighted by Gasteiger charge is -2.35. The highest BCUT2D eigenvalue weighted by Gasteiger charge is 2.32. The molecule has 0 bridgehead atoms. The van der Waals surface area contributed by atoms with Crippen molar-refractivity contribution in [2.24, 2.45) is 18.3 Å². The van der Waals surface area contributed by atoms with Gasteiger partial charge in [-0.25, -0.2) is 0 Å². The molecule has 1 aromatic heterocycles. The predicted molar refractivity (Wildman–Crippen MR) is 77.7 cm³/mol. The van der Waals surface area contributed by atoms with Gasteiger partial charge in [-0.1, -0.05) is 27.7 Å². The molecule has 5 nitrogen and oxygen atoms in total. The second-order valence-corrected chi connectivity index (χ2v) is 6.10. The van der Waals surface area contributed by atoms with E-state index in [0.29, 0.717) is 0 Å². The van der Waals surface area contributed by atoms with Crippen LogP contribution in [-0.4, -0.2) is 29.0 Å². The molecule has 0 spiro atoms. The van der Waals surface area contributed by atoms with E-state index in [-0.39, 0.29) is 17.6 Å². The molecule has 0 fully saturated rings. The number of hydrogen-bond acceptors (Lipinski definition) is 4. The van der Waals surface area contributed by atoms with E-state index in [9.17, 15) is 0 Å². The average Bonchev–Trinajstić information content (AvgIpc) is 2.68. The molecule has 0 saturated carbocycles. The van der Waals surface area contributed by atoms with Gasteiger partial charge in [-0.05, 0) is 17.9 Å². The third kappa shape index (κ3) is 4.03. The molecule has 2 unspecified atom stereocenters. The molecule has 0 aliphatic rings. The van der Waals surface area contributed by atoms with Gasteiger partial charge in [-0.3, -0.25) is 16.0 Å². The number of nitrogens with one attached hydrogen (secondary N) is 1. The van der Waals surface area contributed by atoms with E-state index >= 15 is 0 Å². The zero-order valence-corrected chi connectivity index (χ0v) is 13.0. The Hall–Kier alpha value is -0.910. The minimum absolute atomic E-state index is 0.0258. The van der Waals surface area contributed by atoms with Crippen LogP contribution in [-0.2, 0) is 24.6 Å². The number of nitrogens with zero attached hydrogens (tertiary/aromatic N) is 2. The topological polar surface area (TPSA) is 65.1 Å². The van der Waals surface area contributed by atoms with Crippen LogP contribution in [0.2, 0.25) is 0 Å². The number of aryl methyl sites for hydroxylation is 2. The minimum Gasteiger partial charge on any atom is -0.379 e. The maximum absolute atomic E-state index is 5.72. The Labute approximate surface area is 116 Å². The van der Waals surface area contributed by atoms with Gasteiger partial charge in [0.1, 0.15) is 0 Å². The molecule has 0 aliphatic carbocycles. The van der Waals surface area contributed by atoms with Crippen LogP contribution < -0.4 is 11.3 Å². The van der Waals surface area contributed by atoms with Crippen molar-refractivity contribution in [3.63, 3.8) is 0 Å². The van der Waals surface area contributed by atoms with E-state index in [2.05, 4.69) is 44.3 Å². The van der Waals surface area contributed by atoms with Gasteiger partial charge >= 0.3 is 0 Å². The van der Waals surface area contributed by atoms with Gasteiger partial charge in [0, 0.05) is 26.3 Å². The summed E-state index contributed by atoms with van der Waals surface area (Å²) < 4.78 is 7.57. The lowest BCUT2D eigenvalue weighted by atomic mass is 9.83. The molecule has 110 valence electrons. The summed E-state index contributed by atoms with van der Waals surface area (Å²) in [4.78, 5) is 0. The molecule has 0 radical (unpaired) electrons. The van der Waals surface area contributed by atoms with Crippen molar-refractivity contribution >= 4 is 0 Å². The highest BCUT2D eigenvalue weighted by atomic mass is 16.5. The first-order chi connectivity index (χ1) is 8.83. The average molecular weight is 268 g/mol. The Morgan fingerprint density at radius 1 is 1.47 bits per heavy atom. The largest absolute Gasteiger partial charge is 0.379 e. The van der Waals surface area contributed by atoms with E-state index in [1.807, 2.05) is 11.7 Å². The third-order valence-electron chi connectivity index (χ3n) is 3.51. The molecule has 0 saturated heterocycles. The van der Waals surface area contributed by atoms with Gasteiger partial charge in [-0.15, -0.1) is 0 Å². The molecule has 5 heteroatoms. The number of aromatic nitrogens is 2. The Morgan fingerprint density at radius 2 is 2.11 bits per heavy atom. The summed E-state index contributed by atoms with van der Waals surface area (Å²) >= 11 is 0. The molecule has 0 aromatic carbocycles. The van der Waals surface area contributed by atoms with E-state index in [1.165, 1.54) is 5.69 Å². The zero-order chi connectivity index (χ0) is 14.6. The molecule has 3 N–H and O–H groups in total. The highest BCUT2D eigenvalue weighted by molar-refractivity contribution is 5.12. The smallest absolute Gasteiger partial charge is 0.0789 e. The van der Waals surface area contributed by atoms with Crippen LogP contribution >= 0.6 is 0 Å². The number of methoxy groups -OCH3 is 1. The SMILES string of the molecule is CCc1cc(CC(NN)C(OC)C(C)(C)C)n(C)n1. The fourth-order valence-corrected chi connectivity index (χ4v) is 2.54. The van der Waals surface area contributed by atoms with Gasteiger partial charge in [0.2, 0.25) is 0 Å². The Bertz CT molecular complexity index is 395. The molecule has 1 heterocycles. The fraction of sp³-hybridized carbons (Fsp3) is 0.786. The fourth-order valence-electron chi connectivity index (χ4n) is 2.54. The minimum atomic E-state index is 0.0258. The maximum atomic E-state index is 5.72. The van der Waals surface area contributed by atoms with E-state index in [1.54, 1.807) is 7.11 Å². The number of rotatable bonds is 6. The molecule has 1 rings (SSSR count). The Balaban J connectivity index is 2.89. The van der Waals surface area contributed by atoms with Crippen LogP contribution in [0.4, 0.5) is 0 Å². The lowest BCUT2D eigenvalue weighted by Crippen LogP contribution is -2.51. The van der Waals surface area contributed by atoms with Crippen LogP contribution in [0.3, 0.4) is 0 Å². The summed E-state index contributed by atoms with van der Waals surface area (Å²) in [6.07, 6.45) is 1.79. The Kier molecular flexibility index (Phi) is 5.52. The quantitative estimate of drug-likeness (QED) is 0.605. The van der Waals surface area contributed by atoms with Gasteiger partial charge in [0.05, 0.1) is 17.8 Å². The summed E-state index contributed by atoms with van der Waals surface area (Å²) in [5, 5.41) is 4.47.